The van der Waals surface area contributed by atoms with E-state index in [2.05, 4.69) is 5.32 Å². The summed E-state index contributed by atoms with van der Waals surface area (Å²) in [5, 5.41) is 3.04. The molecule has 1 N–H and O–H groups in total. The van der Waals surface area contributed by atoms with Crippen molar-refractivity contribution in [3.05, 3.63) is 29.8 Å². The predicted molar refractivity (Wildman–Crippen MR) is 75.2 cm³/mol. The molecule has 0 aromatic heterocycles. The van der Waals surface area contributed by atoms with Crippen molar-refractivity contribution < 1.29 is 23.0 Å². The number of hydrogen-bond donors (Lipinski definition) is 1. The van der Waals surface area contributed by atoms with Crippen LogP contribution in [-0.4, -0.2) is 31.3 Å². The van der Waals surface area contributed by atoms with E-state index in [9.17, 15) is 13.6 Å². The van der Waals surface area contributed by atoms with Gasteiger partial charge in [0, 0.05) is 12.5 Å². The van der Waals surface area contributed by atoms with Crippen molar-refractivity contribution in [3.8, 4) is 5.75 Å². The van der Waals surface area contributed by atoms with Gasteiger partial charge in [-0.15, -0.1) is 0 Å². The van der Waals surface area contributed by atoms with E-state index in [1.807, 2.05) is 6.92 Å². The van der Waals surface area contributed by atoms with Crippen molar-refractivity contribution in [2.45, 2.75) is 38.8 Å². The lowest BCUT2D eigenvalue weighted by Crippen LogP contribution is -2.52. The van der Waals surface area contributed by atoms with Crippen LogP contribution in [0, 0.1) is 11.6 Å². The average molecular weight is 301 g/mol. The molecule has 1 aromatic carbocycles. The van der Waals surface area contributed by atoms with Crippen LogP contribution in [0.4, 0.5) is 8.78 Å². The Kier molecular flexibility index (Phi) is 6.08. The largest absolute Gasteiger partial charge is 0.488 e. The normalized spacial score (nSPS) is 15.1. The number of esters is 1. The lowest BCUT2D eigenvalue weighted by molar-refractivity contribution is -0.149. The number of ether oxygens (including phenoxy) is 2. The van der Waals surface area contributed by atoms with E-state index in [4.69, 9.17) is 9.47 Å². The fraction of sp³-hybridized carbons (Fsp3) is 0.533. The highest BCUT2D eigenvalue weighted by Gasteiger charge is 2.35. The van der Waals surface area contributed by atoms with Crippen molar-refractivity contribution in [3.63, 3.8) is 0 Å². The highest BCUT2D eigenvalue weighted by molar-refractivity contribution is 5.80. The summed E-state index contributed by atoms with van der Waals surface area (Å²) in [4.78, 5) is 11.9. The molecule has 0 saturated carbocycles. The van der Waals surface area contributed by atoms with Crippen molar-refractivity contribution in [1.82, 2.24) is 5.32 Å². The first kappa shape index (κ1) is 17.4. The van der Waals surface area contributed by atoms with Gasteiger partial charge in [0.1, 0.15) is 11.4 Å². The Labute approximate surface area is 123 Å². The maximum absolute atomic E-state index is 13.5. The number of hydrogen-bond acceptors (Lipinski definition) is 4. The van der Waals surface area contributed by atoms with Crippen LogP contribution >= 0.6 is 0 Å². The smallest absolute Gasteiger partial charge is 0.325 e. The van der Waals surface area contributed by atoms with Gasteiger partial charge in [-0.2, -0.15) is 0 Å². The summed E-state index contributed by atoms with van der Waals surface area (Å²) >= 11 is 0. The van der Waals surface area contributed by atoms with Gasteiger partial charge in [0.2, 0.25) is 0 Å². The minimum Gasteiger partial charge on any atom is -0.488 e. The molecule has 4 nitrogen and oxygen atoms in total. The molecular weight excluding hydrogens is 280 g/mol. The minimum atomic E-state index is -0.931. The van der Waals surface area contributed by atoms with Crippen molar-refractivity contribution >= 4 is 5.97 Å². The SMILES string of the molecule is CCNC(C)(CC(C)Oc1ccc(F)cc1F)C(=O)OC. The van der Waals surface area contributed by atoms with E-state index >= 15 is 0 Å². The Morgan fingerprint density at radius 2 is 2.10 bits per heavy atom. The molecular formula is C15H21F2NO3. The lowest BCUT2D eigenvalue weighted by atomic mass is 9.94. The van der Waals surface area contributed by atoms with Crippen LogP contribution < -0.4 is 10.1 Å². The zero-order chi connectivity index (χ0) is 16.0. The van der Waals surface area contributed by atoms with Crippen LogP contribution in [0.1, 0.15) is 27.2 Å². The van der Waals surface area contributed by atoms with Gasteiger partial charge in [-0.3, -0.25) is 4.79 Å². The summed E-state index contributed by atoms with van der Waals surface area (Å²) in [6.45, 7) is 5.85. The Morgan fingerprint density at radius 3 is 2.62 bits per heavy atom. The van der Waals surface area contributed by atoms with E-state index < -0.39 is 29.2 Å². The van der Waals surface area contributed by atoms with Crippen LogP contribution in [0.5, 0.6) is 5.75 Å². The Morgan fingerprint density at radius 1 is 1.43 bits per heavy atom. The van der Waals surface area contributed by atoms with Gasteiger partial charge in [-0.05, 0) is 32.5 Å². The van der Waals surface area contributed by atoms with Gasteiger partial charge in [0.15, 0.2) is 11.6 Å². The number of likely N-dealkylation sites (N-methyl/N-ethyl adjacent to an activating group) is 1. The molecule has 0 fully saturated rings. The molecule has 118 valence electrons. The maximum atomic E-state index is 13.5. The number of carbonyl (C=O) groups excluding carboxylic acids is 1. The molecule has 1 rings (SSSR count). The molecule has 0 aliphatic rings. The highest BCUT2D eigenvalue weighted by atomic mass is 19.1. The Bertz CT molecular complexity index is 496. The van der Waals surface area contributed by atoms with Crippen LogP contribution in [0.3, 0.4) is 0 Å². The van der Waals surface area contributed by atoms with E-state index in [1.165, 1.54) is 13.2 Å². The molecule has 6 heteroatoms. The number of halogens is 2. The minimum absolute atomic E-state index is 0.0485. The Hall–Kier alpha value is -1.69. The molecule has 0 bridgehead atoms. The molecule has 21 heavy (non-hydrogen) atoms. The summed E-state index contributed by atoms with van der Waals surface area (Å²) in [6.07, 6.45) is -0.183. The number of benzene rings is 1. The topological polar surface area (TPSA) is 47.6 Å². The van der Waals surface area contributed by atoms with Crippen LogP contribution in [-0.2, 0) is 9.53 Å². The van der Waals surface area contributed by atoms with Crippen molar-refractivity contribution in [2.24, 2.45) is 0 Å². The zero-order valence-corrected chi connectivity index (χ0v) is 12.7. The molecule has 2 unspecified atom stereocenters. The van der Waals surface area contributed by atoms with E-state index in [-0.39, 0.29) is 12.2 Å². The van der Waals surface area contributed by atoms with Gasteiger partial charge in [0.05, 0.1) is 13.2 Å². The van der Waals surface area contributed by atoms with E-state index in [1.54, 1.807) is 13.8 Å². The van der Waals surface area contributed by atoms with Crippen LogP contribution in [0.15, 0.2) is 18.2 Å². The predicted octanol–water partition coefficient (Wildman–Crippen LogP) is 2.66. The molecule has 0 aliphatic carbocycles. The number of methoxy groups -OCH3 is 1. The highest BCUT2D eigenvalue weighted by Crippen LogP contribution is 2.22. The lowest BCUT2D eigenvalue weighted by Gasteiger charge is -2.30. The van der Waals surface area contributed by atoms with Crippen molar-refractivity contribution in [1.29, 1.82) is 0 Å². The maximum Gasteiger partial charge on any atom is 0.325 e. The molecule has 0 spiro atoms. The van der Waals surface area contributed by atoms with Gasteiger partial charge < -0.3 is 14.8 Å². The molecule has 0 aliphatic heterocycles. The first-order chi connectivity index (χ1) is 9.82. The van der Waals surface area contributed by atoms with Crippen LogP contribution in [0.25, 0.3) is 0 Å². The fourth-order valence-corrected chi connectivity index (χ4v) is 2.25. The zero-order valence-electron chi connectivity index (χ0n) is 12.7. The first-order valence-electron chi connectivity index (χ1n) is 6.77. The van der Waals surface area contributed by atoms with E-state index in [0.717, 1.165) is 12.1 Å². The summed E-state index contributed by atoms with van der Waals surface area (Å²) in [7, 11) is 1.31. The van der Waals surface area contributed by atoms with Gasteiger partial charge in [-0.1, -0.05) is 6.92 Å². The first-order valence-corrected chi connectivity index (χ1v) is 6.77. The third-order valence-electron chi connectivity index (χ3n) is 3.12. The Balaban J connectivity index is 2.78. The fourth-order valence-electron chi connectivity index (χ4n) is 2.25. The van der Waals surface area contributed by atoms with Gasteiger partial charge in [-0.25, -0.2) is 8.78 Å². The van der Waals surface area contributed by atoms with Crippen molar-refractivity contribution in [2.75, 3.05) is 13.7 Å². The standard InChI is InChI=1S/C15H21F2NO3/c1-5-18-15(3,14(19)20-4)9-10(2)21-13-7-6-11(16)8-12(13)17/h6-8,10,18H,5,9H2,1-4H3. The van der Waals surface area contributed by atoms with Crippen LogP contribution in [0.2, 0.25) is 0 Å². The van der Waals surface area contributed by atoms with Gasteiger partial charge in [0.25, 0.3) is 0 Å². The number of rotatable bonds is 7. The number of nitrogens with one attached hydrogen (secondary N) is 1. The second kappa shape index (κ2) is 7.36. The van der Waals surface area contributed by atoms with E-state index in [0.29, 0.717) is 6.54 Å². The third kappa shape index (κ3) is 4.67. The molecule has 2 atom stereocenters. The average Bonchev–Trinajstić information content (AvgIpc) is 2.41. The summed E-state index contributed by atoms with van der Waals surface area (Å²) < 4.78 is 36.6. The quantitative estimate of drug-likeness (QED) is 0.787. The second-order valence-electron chi connectivity index (χ2n) is 5.06. The summed E-state index contributed by atoms with van der Waals surface area (Å²) in [6, 6.07) is 3.10. The summed E-state index contributed by atoms with van der Waals surface area (Å²) in [5.41, 5.74) is -0.931. The monoisotopic (exact) mass is 301 g/mol. The summed E-state index contributed by atoms with van der Waals surface area (Å²) in [5.74, 6) is -1.91. The molecule has 0 radical (unpaired) electrons. The third-order valence-corrected chi connectivity index (χ3v) is 3.12. The molecule has 0 saturated heterocycles. The second-order valence-corrected chi connectivity index (χ2v) is 5.06. The molecule has 0 amide bonds. The number of carbonyl (C=O) groups is 1. The molecule has 1 aromatic rings. The van der Waals surface area contributed by atoms with Gasteiger partial charge >= 0.3 is 5.97 Å². The molecule has 0 heterocycles.